The molecule has 1 aliphatic heterocycles. The lowest BCUT2D eigenvalue weighted by Gasteiger charge is -2.39. The van der Waals surface area contributed by atoms with Gasteiger partial charge < -0.3 is 16.2 Å². The number of benzene rings is 1. The number of rotatable bonds is 5. The molecule has 2 unspecified atom stereocenters. The molecule has 108 valence electrons. The van der Waals surface area contributed by atoms with Crippen LogP contribution in [0.1, 0.15) is 18.0 Å². The van der Waals surface area contributed by atoms with Crippen molar-refractivity contribution < 1.29 is 9.53 Å². The first-order chi connectivity index (χ1) is 9.59. The van der Waals surface area contributed by atoms with Gasteiger partial charge in [-0.3, -0.25) is 9.69 Å². The summed E-state index contributed by atoms with van der Waals surface area (Å²) in [5.74, 6) is -0.381. The number of carbonyl (C=O) groups excluding carboxylic acids is 1. The third kappa shape index (κ3) is 3.53. The highest BCUT2D eigenvalue weighted by Crippen LogP contribution is 2.27. The maximum Gasteiger partial charge on any atom is 0.237 e. The third-order valence-corrected chi connectivity index (χ3v) is 3.64. The van der Waals surface area contributed by atoms with Crippen LogP contribution in [0.2, 0.25) is 0 Å². The van der Waals surface area contributed by atoms with Crippen LogP contribution < -0.4 is 11.5 Å². The molecule has 1 fully saturated rings. The van der Waals surface area contributed by atoms with Gasteiger partial charge in [-0.25, -0.2) is 0 Å². The number of thiocarbonyl (C=S) groups is 1. The molecule has 0 saturated carbocycles. The van der Waals surface area contributed by atoms with E-state index in [1.54, 1.807) is 0 Å². The van der Waals surface area contributed by atoms with Gasteiger partial charge in [-0.05, 0) is 5.56 Å². The molecule has 1 heterocycles. The first kappa shape index (κ1) is 14.9. The van der Waals surface area contributed by atoms with Gasteiger partial charge in [-0.1, -0.05) is 42.5 Å². The summed E-state index contributed by atoms with van der Waals surface area (Å²) in [6.07, 6.45) is 0.517. The number of nitrogens with zero attached hydrogens (tertiary/aromatic N) is 1. The van der Waals surface area contributed by atoms with E-state index in [4.69, 9.17) is 28.4 Å². The fraction of sp³-hybridized carbons (Fsp3) is 0.429. The Hall–Kier alpha value is -1.50. The summed E-state index contributed by atoms with van der Waals surface area (Å²) in [4.78, 5) is 14.1. The van der Waals surface area contributed by atoms with Crippen molar-refractivity contribution in [3.63, 3.8) is 0 Å². The van der Waals surface area contributed by atoms with Crippen LogP contribution in [0, 0.1) is 0 Å². The molecule has 1 aromatic carbocycles. The van der Waals surface area contributed by atoms with E-state index >= 15 is 0 Å². The predicted molar refractivity (Wildman–Crippen MR) is 81.1 cm³/mol. The van der Waals surface area contributed by atoms with Crippen LogP contribution in [-0.4, -0.2) is 41.6 Å². The lowest BCUT2D eigenvalue weighted by molar-refractivity contribution is -0.131. The zero-order valence-electron chi connectivity index (χ0n) is 11.2. The molecule has 0 aromatic heterocycles. The van der Waals surface area contributed by atoms with E-state index in [1.807, 2.05) is 35.2 Å². The van der Waals surface area contributed by atoms with Crippen molar-refractivity contribution >= 4 is 23.1 Å². The quantitative estimate of drug-likeness (QED) is 0.777. The number of carbonyl (C=O) groups is 1. The summed E-state index contributed by atoms with van der Waals surface area (Å²) >= 11 is 5.05. The smallest absolute Gasteiger partial charge is 0.237 e. The number of amides is 1. The molecule has 0 aliphatic carbocycles. The van der Waals surface area contributed by atoms with E-state index in [0.717, 1.165) is 5.56 Å². The molecule has 1 saturated heterocycles. The van der Waals surface area contributed by atoms with Crippen molar-refractivity contribution in [1.29, 1.82) is 0 Å². The minimum absolute atomic E-state index is 0.0462. The fourth-order valence-electron chi connectivity index (χ4n) is 2.53. The van der Waals surface area contributed by atoms with Crippen LogP contribution in [0.4, 0.5) is 0 Å². The van der Waals surface area contributed by atoms with Gasteiger partial charge in [-0.2, -0.15) is 0 Å². The van der Waals surface area contributed by atoms with E-state index in [0.29, 0.717) is 31.2 Å². The molecule has 4 N–H and O–H groups in total. The van der Waals surface area contributed by atoms with E-state index < -0.39 is 6.04 Å². The third-order valence-electron chi connectivity index (χ3n) is 3.48. The standard InChI is InChI=1S/C14H19N3O2S/c15-13(20)8-11(10-4-2-1-3-5-10)17-6-7-19-9-12(17)14(16)18/h1-5,11-12H,6-9H2,(H2,15,20)(H2,16,18). The molecule has 0 radical (unpaired) electrons. The fourth-order valence-corrected chi connectivity index (χ4v) is 2.69. The molecule has 0 spiro atoms. The zero-order chi connectivity index (χ0) is 14.5. The van der Waals surface area contributed by atoms with Crippen molar-refractivity contribution in [3.8, 4) is 0 Å². The van der Waals surface area contributed by atoms with Gasteiger partial charge in [0.2, 0.25) is 5.91 Å². The van der Waals surface area contributed by atoms with Gasteiger partial charge in [0.15, 0.2) is 0 Å². The Labute approximate surface area is 123 Å². The maximum absolute atomic E-state index is 11.6. The Morgan fingerprint density at radius 3 is 2.70 bits per heavy atom. The normalized spacial score (nSPS) is 21.3. The van der Waals surface area contributed by atoms with Gasteiger partial charge in [0.1, 0.15) is 6.04 Å². The highest BCUT2D eigenvalue weighted by molar-refractivity contribution is 7.80. The summed E-state index contributed by atoms with van der Waals surface area (Å²) in [7, 11) is 0. The molecule has 5 nitrogen and oxygen atoms in total. The molecule has 1 aromatic rings. The zero-order valence-corrected chi connectivity index (χ0v) is 12.0. The minimum Gasteiger partial charge on any atom is -0.393 e. The average Bonchev–Trinajstić information content (AvgIpc) is 2.45. The second-order valence-electron chi connectivity index (χ2n) is 4.83. The van der Waals surface area contributed by atoms with Crippen molar-refractivity contribution in [2.45, 2.75) is 18.5 Å². The van der Waals surface area contributed by atoms with Crippen LogP contribution in [0.25, 0.3) is 0 Å². The van der Waals surface area contributed by atoms with Crippen LogP contribution >= 0.6 is 12.2 Å². The number of hydrogen-bond acceptors (Lipinski definition) is 4. The van der Waals surface area contributed by atoms with Gasteiger partial charge in [0.25, 0.3) is 0 Å². The Morgan fingerprint density at radius 1 is 1.40 bits per heavy atom. The Bertz CT molecular complexity index is 481. The second-order valence-corrected chi connectivity index (χ2v) is 5.35. The molecular formula is C14H19N3O2S. The lowest BCUT2D eigenvalue weighted by atomic mass is 9.99. The summed E-state index contributed by atoms with van der Waals surface area (Å²) < 4.78 is 5.36. The first-order valence-corrected chi connectivity index (χ1v) is 6.96. The number of primary amides is 1. The van der Waals surface area contributed by atoms with Crippen molar-refractivity contribution in [2.24, 2.45) is 11.5 Å². The SMILES string of the molecule is NC(=O)C1COCCN1C(CC(N)=S)c1ccccc1. The van der Waals surface area contributed by atoms with E-state index in [9.17, 15) is 4.79 Å². The average molecular weight is 293 g/mol. The molecule has 6 heteroatoms. The first-order valence-electron chi connectivity index (χ1n) is 6.55. The molecule has 2 rings (SSSR count). The summed E-state index contributed by atoms with van der Waals surface area (Å²) in [6.45, 7) is 1.52. The van der Waals surface area contributed by atoms with Crippen molar-refractivity contribution in [3.05, 3.63) is 35.9 Å². The van der Waals surface area contributed by atoms with Gasteiger partial charge in [0.05, 0.1) is 18.2 Å². The van der Waals surface area contributed by atoms with Gasteiger partial charge in [0, 0.05) is 19.0 Å². The number of morpholine rings is 1. The van der Waals surface area contributed by atoms with E-state index in [-0.39, 0.29) is 11.9 Å². The lowest BCUT2D eigenvalue weighted by Crippen LogP contribution is -2.54. The summed E-state index contributed by atoms with van der Waals surface area (Å²) in [5.41, 5.74) is 12.3. The largest absolute Gasteiger partial charge is 0.393 e. The Kier molecular flexibility index (Phi) is 5.05. The maximum atomic E-state index is 11.6. The van der Waals surface area contributed by atoms with Crippen molar-refractivity contribution in [2.75, 3.05) is 19.8 Å². The van der Waals surface area contributed by atoms with E-state index in [1.165, 1.54) is 0 Å². The summed E-state index contributed by atoms with van der Waals surface area (Å²) in [5, 5.41) is 0. The van der Waals surface area contributed by atoms with Crippen LogP contribution in [0.5, 0.6) is 0 Å². The molecule has 0 bridgehead atoms. The number of hydrogen-bond donors (Lipinski definition) is 2. The van der Waals surface area contributed by atoms with E-state index in [2.05, 4.69) is 0 Å². The van der Waals surface area contributed by atoms with Crippen LogP contribution in [0.3, 0.4) is 0 Å². The predicted octanol–water partition coefficient (Wildman–Crippen LogP) is 0.590. The highest BCUT2D eigenvalue weighted by Gasteiger charge is 2.33. The number of ether oxygens (including phenoxy) is 1. The second kappa shape index (κ2) is 6.78. The van der Waals surface area contributed by atoms with Gasteiger partial charge in [-0.15, -0.1) is 0 Å². The van der Waals surface area contributed by atoms with Crippen molar-refractivity contribution in [1.82, 2.24) is 4.90 Å². The molecule has 2 atom stereocenters. The molecule has 20 heavy (non-hydrogen) atoms. The minimum atomic E-state index is -0.441. The van der Waals surface area contributed by atoms with Gasteiger partial charge >= 0.3 is 0 Å². The molecular weight excluding hydrogens is 274 g/mol. The van der Waals surface area contributed by atoms with Crippen LogP contribution in [-0.2, 0) is 9.53 Å². The number of nitrogens with two attached hydrogens (primary N) is 2. The topological polar surface area (TPSA) is 81.6 Å². The monoisotopic (exact) mass is 293 g/mol. The Balaban J connectivity index is 2.29. The molecule has 1 amide bonds. The molecule has 1 aliphatic rings. The van der Waals surface area contributed by atoms with Crippen LogP contribution in [0.15, 0.2) is 30.3 Å². The summed E-state index contributed by atoms with van der Waals surface area (Å²) in [6, 6.07) is 9.40. The Morgan fingerprint density at radius 2 is 2.10 bits per heavy atom. The highest BCUT2D eigenvalue weighted by atomic mass is 32.1.